The second-order valence-corrected chi connectivity index (χ2v) is 10.7. The van der Waals surface area contributed by atoms with E-state index in [1.165, 1.54) is 12.1 Å². The van der Waals surface area contributed by atoms with E-state index in [4.69, 9.17) is 11.6 Å². The van der Waals surface area contributed by atoms with Gasteiger partial charge >= 0.3 is 0 Å². The average molecular weight is 458 g/mol. The van der Waals surface area contributed by atoms with Crippen LogP contribution < -0.4 is 5.43 Å². The lowest BCUT2D eigenvalue weighted by molar-refractivity contribution is -0.116. The molecule has 30 heavy (non-hydrogen) atoms. The molecule has 0 fully saturated rings. The summed E-state index contributed by atoms with van der Waals surface area (Å²) in [6.07, 6.45) is 1.66. The zero-order chi connectivity index (χ0) is 21.3. The molecule has 4 rings (SSSR count). The summed E-state index contributed by atoms with van der Waals surface area (Å²) in [5, 5.41) is 0.605. The third-order valence-corrected chi connectivity index (χ3v) is 8.15. The topological polar surface area (TPSA) is 84.1 Å². The summed E-state index contributed by atoms with van der Waals surface area (Å²) in [5.74, 6) is -0.980. The Labute approximate surface area is 181 Å². The predicted octanol–water partition coefficient (Wildman–Crippen LogP) is 4.50. The van der Waals surface area contributed by atoms with Crippen LogP contribution in [0.25, 0.3) is 22.0 Å². The van der Waals surface area contributed by atoms with Gasteiger partial charge in [-0.05, 0) is 35.4 Å². The van der Waals surface area contributed by atoms with Crippen molar-refractivity contribution in [1.82, 2.24) is 4.98 Å². The maximum absolute atomic E-state index is 12.7. The number of nitrogens with one attached hydrogen (secondary N) is 1. The van der Waals surface area contributed by atoms with Crippen LogP contribution in [0.4, 0.5) is 0 Å². The number of hydrogen-bond acceptors (Lipinski definition) is 5. The van der Waals surface area contributed by atoms with Crippen molar-refractivity contribution in [2.45, 2.75) is 10.6 Å². The zero-order valence-corrected chi connectivity index (χ0v) is 18.0. The maximum Gasteiger partial charge on any atom is 0.197 e. The first kappa shape index (κ1) is 20.5. The van der Waals surface area contributed by atoms with Crippen LogP contribution in [0.3, 0.4) is 0 Å². The van der Waals surface area contributed by atoms with Gasteiger partial charge in [-0.3, -0.25) is 9.59 Å². The van der Waals surface area contributed by atoms with Crippen LogP contribution in [0, 0.1) is 0 Å². The summed E-state index contributed by atoms with van der Waals surface area (Å²) in [6.45, 7) is 0. The van der Waals surface area contributed by atoms with E-state index < -0.39 is 21.4 Å². The first-order valence-corrected chi connectivity index (χ1v) is 11.9. The Morgan fingerprint density at radius 2 is 1.73 bits per heavy atom. The van der Waals surface area contributed by atoms with Crippen molar-refractivity contribution in [3.63, 3.8) is 0 Å². The van der Waals surface area contributed by atoms with Crippen LogP contribution in [0.15, 0.2) is 75.9 Å². The Balaban J connectivity index is 1.51. The van der Waals surface area contributed by atoms with Crippen LogP contribution in [-0.4, -0.2) is 24.9 Å². The molecule has 0 saturated carbocycles. The van der Waals surface area contributed by atoms with Gasteiger partial charge in [0.05, 0.1) is 4.34 Å². The molecule has 5 nitrogen and oxygen atoms in total. The van der Waals surface area contributed by atoms with Crippen LogP contribution in [0.1, 0.15) is 5.56 Å². The number of carbonyl (C=O) groups is 1. The fraction of sp³-hybridized carbons (Fsp3) is 0.0909. The quantitative estimate of drug-likeness (QED) is 0.462. The standard InChI is InChI=1S/C22H16ClNO4S2/c23-20-9-10-21(29-20)30(27,28)13-16(25)11-14-5-7-15(8-6-14)18-12-24-19-4-2-1-3-17(19)22(18)26/h1-10,12H,11,13H2,(H,24,26). The zero-order valence-electron chi connectivity index (χ0n) is 15.6. The van der Waals surface area contributed by atoms with Gasteiger partial charge in [0, 0.05) is 29.1 Å². The Morgan fingerprint density at radius 3 is 2.43 bits per heavy atom. The van der Waals surface area contributed by atoms with E-state index in [0.717, 1.165) is 22.4 Å². The number of rotatable bonds is 6. The Hall–Kier alpha value is -2.74. The van der Waals surface area contributed by atoms with Crippen LogP contribution >= 0.6 is 22.9 Å². The molecular formula is C22H16ClNO4S2. The number of H-pyrrole nitrogens is 1. The van der Waals surface area contributed by atoms with Crippen molar-refractivity contribution in [2.75, 3.05) is 5.75 Å². The van der Waals surface area contributed by atoms with Crippen molar-refractivity contribution in [3.05, 3.63) is 87.0 Å². The maximum atomic E-state index is 12.7. The molecule has 0 atom stereocenters. The summed E-state index contributed by atoms with van der Waals surface area (Å²) < 4.78 is 25.1. The van der Waals surface area contributed by atoms with Gasteiger partial charge < -0.3 is 4.98 Å². The van der Waals surface area contributed by atoms with Gasteiger partial charge in [-0.25, -0.2) is 8.42 Å². The first-order chi connectivity index (χ1) is 14.3. The lowest BCUT2D eigenvalue weighted by Gasteiger charge is -2.06. The SMILES string of the molecule is O=C(Cc1ccc(-c2c[nH]c3ccccc3c2=O)cc1)CS(=O)(=O)c1ccc(Cl)s1. The number of thiophene rings is 1. The molecule has 2 heterocycles. The Morgan fingerprint density at radius 1 is 1.00 bits per heavy atom. The number of halogens is 1. The number of carbonyl (C=O) groups excluding carboxylic acids is 1. The van der Waals surface area contributed by atoms with Gasteiger partial charge in [-0.1, -0.05) is 48.0 Å². The van der Waals surface area contributed by atoms with Crippen molar-refractivity contribution in [3.8, 4) is 11.1 Å². The minimum absolute atomic E-state index is 0.00725. The molecular weight excluding hydrogens is 442 g/mol. The third kappa shape index (κ3) is 4.23. The average Bonchev–Trinajstić information content (AvgIpc) is 3.16. The Kier molecular flexibility index (Phi) is 5.60. The monoisotopic (exact) mass is 457 g/mol. The largest absolute Gasteiger partial charge is 0.360 e. The molecule has 0 saturated heterocycles. The molecule has 1 N–H and O–H groups in total. The molecule has 0 aliphatic carbocycles. The molecule has 0 aliphatic rings. The number of ketones is 1. The number of hydrogen-bond donors (Lipinski definition) is 1. The number of aromatic nitrogens is 1. The smallest absolute Gasteiger partial charge is 0.197 e. The summed E-state index contributed by atoms with van der Waals surface area (Å²) in [7, 11) is -3.70. The van der Waals surface area contributed by atoms with Gasteiger partial charge in [0.15, 0.2) is 21.0 Å². The van der Waals surface area contributed by atoms with E-state index in [1.807, 2.05) is 18.2 Å². The molecule has 152 valence electrons. The summed E-state index contributed by atoms with van der Waals surface area (Å²) in [5.41, 5.74) is 2.62. The summed E-state index contributed by atoms with van der Waals surface area (Å²) in [6, 6.07) is 17.2. The predicted molar refractivity (Wildman–Crippen MR) is 120 cm³/mol. The van der Waals surface area contributed by atoms with E-state index in [2.05, 4.69) is 4.98 Å². The van der Waals surface area contributed by atoms with Crippen molar-refractivity contribution in [2.24, 2.45) is 0 Å². The molecule has 2 aromatic carbocycles. The molecule has 0 bridgehead atoms. The van der Waals surface area contributed by atoms with Gasteiger partial charge in [-0.2, -0.15) is 0 Å². The highest BCUT2D eigenvalue weighted by molar-refractivity contribution is 7.94. The number of sulfone groups is 1. The van der Waals surface area contributed by atoms with Gasteiger partial charge in [0.2, 0.25) is 0 Å². The molecule has 2 aromatic heterocycles. The molecule has 0 radical (unpaired) electrons. The van der Waals surface area contributed by atoms with Gasteiger partial charge in [-0.15, -0.1) is 11.3 Å². The Bertz CT molecular complexity index is 1400. The van der Waals surface area contributed by atoms with E-state index in [0.29, 0.717) is 20.8 Å². The third-order valence-electron chi connectivity index (χ3n) is 4.66. The molecule has 0 amide bonds. The fourth-order valence-electron chi connectivity index (χ4n) is 3.21. The van der Waals surface area contributed by atoms with Crippen molar-refractivity contribution in [1.29, 1.82) is 0 Å². The van der Waals surface area contributed by atoms with E-state index in [-0.39, 0.29) is 16.1 Å². The van der Waals surface area contributed by atoms with Crippen LogP contribution in [0.2, 0.25) is 4.34 Å². The minimum atomic E-state index is -3.70. The van der Waals surface area contributed by atoms with E-state index >= 15 is 0 Å². The first-order valence-electron chi connectivity index (χ1n) is 9.03. The minimum Gasteiger partial charge on any atom is -0.360 e. The normalized spacial score (nSPS) is 11.6. The van der Waals surface area contributed by atoms with E-state index in [1.54, 1.807) is 36.5 Å². The highest BCUT2D eigenvalue weighted by Gasteiger charge is 2.21. The number of para-hydroxylation sites is 1. The summed E-state index contributed by atoms with van der Waals surface area (Å²) >= 11 is 6.72. The van der Waals surface area contributed by atoms with Crippen molar-refractivity contribution < 1.29 is 13.2 Å². The summed E-state index contributed by atoms with van der Waals surface area (Å²) in [4.78, 5) is 28.2. The van der Waals surface area contributed by atoms with E-state index in [9.17, 15) is 18.0 Å². The van der Waals surface area contributed by atoms with Crippen molar-refractivity contribution >= 4 is 49.5 Å². The lowest BCUT2D eigenvalue weighted by atomic mass is 10.0. The molecule has 0 unspecified atom stereocenters. The fourth-order valence-corrected chi connectivity index (χ4v) is 6.02. The molecule has 0 aliphatic heterocycles. The second kappa shape index (κ2) is 8.18. The highest BCUT2D eigenvalue weighted by atomic mass is 35.5. The molecule has 0 spiro atoms. The van der Waals surface area contributed by atoms with Gasteiger partial charge in [0.25, 0.3) is 0 Å². The number of Topliss-reactive ketones (excluding diaryl/α,β-unsaturated/α-hetero) is 1. The van der Waals surface area contributed by atoms with Gasteiger partial charge in [0.1, 0.15) is 9.96 Å². The number of aromatic amines is 1. The molecule has 4 aromatic rings. The van der Waals surface area contributed by atoms with Crippen LogP contribution in [-0.2, 0) is 21.1 Å². The number of fused-ring (bicyclic) bond motifs is 1. The second-order valence-electron chi connectivity index (χ2n) is 6.81. The highest BCUT2D eigenvalue weighted by Crippen LogP contribution is 2.26. The van der Waals surface area contributed by atoms with Crippen LogP contribution in [0.5, 0.6) is 0 Å². The lowest BCUT2D eigenvalue weighted by Crippen LogP contribution is -2.17. The number of benzene rings is 2. The number of pyridine rings is 1. The molecule has 8 heteroatoms.